The Labute approximate surface area is 234 Å². The SMILES string of the molecule is COc1ccc(CC(=O)NCc2nnc(SCC(=O)Nc3ccc(F)cc3)n2-c2cc(OC)ccc2OC)cc1. The second-order valence-electron chi connectivity index (χ2n) is 8.42. The zero-order valence-corrected chi connectivity index (χ0v) is 23.0. The smallest absolute Gasteiger partial charge is 0.234 e. The molecule has 0 spiro atoms. The third-order valence-electron chi connectivity index (χ3n) is 5.76. The zero-order valence-electron chi connectivity index (χ0n) is 22.1. The van der Waals surface area contributed by atoms with E-state index < -0.39 is 5.82 Å². The molecule has 12 heteroatoms. The highest BCUT2D eigenvalue weighted by atomic mass is 32.2. The Hall–Kier alpha value is -4.58. The Morgan fingerprint density at radius 2 is 1.57 bits per heavy atom. The Bertz CT molecular complexity index is 1460. The summed E-state index contributed by atoms with van der Waals surface area (Å²) in [5.41, 5.74) is 1.88. The predicted molar refractivity (Wildman–Crippen MR) is 149 cm³/mol. The summed E-state index contributed by atoms with van der Waals surface area (Å²) in [7, 11) is 4.67. The van der Waals surface area contributed by atoms with E-state index in [0.717, 1.165) is 17.3 Å². The molecular formula is C28H28FN5O5S. The molecule has 0 radical (unpaired) electrons. The molecule has 0 aliphatic heterocycles. The van der Waals surface area contributed by atoms with E-state index in [1.807, 2.05) is 12.1 Å². The van der Waals surface area contributed by atoms with E-state index in [2.05, 4.69) is 20.8 Å². The van der Waals surface area contributed by atoms with Gasteiger partial charge in [0.05, 0.1) is 45.7 Å². The van der Waals surface area contributed by atoms with Crippen LogP contribution in [0.25, 0.3) is 5.69 Å². The van der Waals surface area contributed by atoms with Gasteiger partial charge >= 0.3 is 0 Å². The van der Waals surface area contributed by atoms with Gasteiger partial charge in [-0.05, 0) is 54.1 Å². The van der Waals surface area contributed by atoms with Gasteiger partial charge in [0.1, 0.15) is 23.1 Å². The van der Waals surface area contributed by atoms with Gasteiger partial charge in [-0.2, -0.15) is 0 Å². The lowest BCUT2D eigenvalue weighted by molar-refractivity contribution is -0.120. The molecule has 10 nitrogen and oxygen atoms in total. The monoisotopic (exact) mass is 565 g/mol. The van der Waals surface area contributed by atoms with Crippen molar-refractivity contribution in [1.82, 2.24) is 20.1 Å². The first-order valence-electron chi connectivity index (χ1n) is 12.1. The summed E-state index contributed by atoms with van der Waals surface area (Å²) in [6, 6.07) is 18.0. The van der Waals surface area contributed by atoms with Crippen LogP contribution in [0.1, 0.15) is 11.4 Å². The van der Waals surface area contributed by atoms with Gasteiger partial charge in [-0.1, -0.05) is 23.9 Å². The van der Waals surface area contributed by atoms with Crippen LogP contribution in [0.3, 0.4) is 0 Å². The lowest BCUT2D eigenvalue weighted by Crippen LogP contribution is -2.26. The van der Waals surface area contributed by atoms with Crippen molar-refractivity contribution >= 4 is 29.3 Å². The molecule has 1 heterocycles. The standard InChI is InChI=1S/C28H28FN5O5S/c1-37-21-10-4-18(5-11-21)14-26(35)30-16-25-32-33-28(34(25)23-15-22(38-2)12-13-24(23)39-3)40-17-27(36)31-20-8-6-19(29)7-9-20/h4-13,15H,14,16-17H2,1-3H3,(H,30,35)(H,31,36). The fraction of sp³-hybridized carbons (Fsp3) is 0.214. The molecule has 1 aromatic heterocycles. The first-order chi connectivity index (χ1) is 19.4. The van der Waals surface area contributed by atoms with E-state index in [1.54, 1.807) is 49.1 Å². The van der Waals surface area contributed by atoms with Gasteiger partial charge in [0, 0.05) is 11.8 Å². The highest BCUT2D eigenvalue weighted by Crippen LogP contribution is 2.32. The summed E-state index contributed by atoms with van der Waals surface area (Å²) < 4.78 is 31.0. The van der Waals surface area contributed by atoms with Crippen LogP contribution in [-0.2, 0) is 22.6 Å². The van der Waals surface area contributed by atoms with Gasteiger partial charge in [-0.25, -0.2) is 4.39 Å². The molecule has 0 bridgehead atoms. The number of ether oxygens (including phenoxy) is 3. The summed E-state index contributed by atoms with van der Waals surface area (Å²) in [5.74, 6) is 1.33. The number of benzene rings is 3. The number of hydrogen-bond donors (Lipinski definition) is 2. The average Bonchev–Trinajstić information content (AvgIpc) is 3.38. The molecule has 3 aromatic carbocycles. The van der Waals surface area contributed by atoms with Gasteiger partial charge < -0.3 is 24.8 Å². The summed E-state index contributed by atoms with van der Waals surface area (Å²) >= 11 is 1.15. The number of anilines is 1. The lowest BCUT2D eigenvalue weighted by Gasteiger charge is -2.15. The molecule has 0 saturated heterocycles. The van der Waals surface area contributed by atoms with Crippen LogP contribution < -0.4 is 24.8 Å². The van der Waals surface area contributed by atoms with Crippen LogP contribution in [0.5, 0.6) is 17.2 Å². The Kier molecular flexibility index (Phi) is 9.57. The number of carbonyl (C=O) groups is 2. The van der Waals surface area contributed by atoms with Gasteiger partial charge in [-0.15, -0.1) is 10.2 Å². The van der Waals surface area contributed by atoms with Crippen LogP contribution >= 0.6 is 11.8 Å². The zero-order chi connectivity index (χ0) is 28.5. The van der Waals surface area contributed by atoms with Crippen molar-refractivity contribution in [2.45, 2.75) is 18.1 Å². The summed E-state index contributed by atoms with van der Waals surface area (Å²) in [6.45, 7) is 0.0741. The van der Waals surface area contributed by atoms with Crippen molar-refractivity contribution < 1.29 is 28.2 Å². The van der Waals surface area contributed by atoms with E-state index >= 15 is 0 Å². The van der Waals surface area contributed by atoms with Crippen molar-refractivity contribution in [1.29, 1.82) is 0 Å². The Morgan fingerprint density at radius 3 is 2.25 bits per heavy atom. The fourth-order valence-electron chi connectivity index (χ4n) is 3.75. The maximum atomic E-state index is 13.2. The predicted octanol–water partition coefficient (Wildman–Crippen LogP) is 4.02. The largest absolute Gasteiger partial charge is 0.497 e. The summed E-state index contributed by atoms with van der Waals surface area (Å²) in [4.78, 5) is 25.3. The maximum Gasteiger partial charge on any atom is 0.234 e. The van der Waals surface area contributed by atoms with Crippen LogP contribution in [0.2, 0.25) is 0 Å². The van der Waals surface area contributed by atoms with Crippen LogP contribution in [0.15, 0.2) is 71.9 Å². The molecule has 4 rings (SSSR count). The van der Waals surface area contributed by atoms with Crippen molar-refractivity contribution in [2.75, 3.05) is 32.4 Å². The van der Waals surface area contributed by atoms with Crippen LogP contribution in [-0.4, -0.2) is 53.7 Å². The molecule has 0 unspecified atom stereocenters. The number of hydrogen-bond acceptors (Lipinski definition) is 8. The molecule has 208 valence electrons. The first-order valence-corrected chi connectivity index (χ1v) is 13.1. The normalized spacial score (nSPS) is 10.6. The van der Waals surface area contributed by atoms with Gasteiger partial charge in [0.2, 0.25) is 11.8 Å². The molecule has 4 aromatic rings. The Balaban J connectivity index is 1.53. The minimum atomic E-state index is -0.392. The molecule has 0 atom stereocenters. The van der Waals surface area contributed by atoms with Crippen molar-refractivity contribution in [3.05, 3.63) is 83.9 Å². The molecule has 0 fully saturated rings. The van der Waals surface area contributed by atoms with E-state index in [-0.39, 0.29) is 30.5 Å². The number of thioether (sulfide) groups is 1. The minimum Gasteiger partial charge on any atom is -0.497 e. The van der Waals surface area contributed by atoms with Crippen LogP contribution in [0, 0.1) is 5.82 Å². The fourth-order valence-corrected chi connectivity index (χ4v) is 4.51. The van der Waals surface area contributed by atoms with Gasteiger partial charge in [0.25, 0.3) is 0 Å². The van der Waals surface area contributed by atoms with Crippen molar-refractivity contribution in [3.8, 4) is 22.9 Å². The topological polar surface area (TPSA) is 117 Å². The van der Waals surface area contributed by atoms with Gasteiger partial charge in [-0.3, -0.25) is 14.2 Å². The number of amides is 2. The van der Waals surface area contributed by atoms with E-state index in [1.165, 1.54) is 31.4 Å². The number of aromatic nitrogens is 3. The number of halogens is 1. The second-order valence-corrected chi connectivity index (χ2v) is 9.36. The summed E-state index contributed by atoms with van der Waals surface area (Å²) in [5, 5.41) is 14.6. The Morgan fingerprint density at radius 1 is 0.875 bits per heavy atom. The van der Waals surface area contributed by atoms with Gasteiger partial charge in [0.15, 0.2) is 11.0 Å². The highest BCUT2D eigenvalue weighted by molar-refractivity contribution is 7.99. The third-order valence-corrected chi connectivity index (χ3v) is 6.68. The number of nitrogens with one attached hydrogen (secondary N) is 2. The minimum absolute atomic E-state index is 0.00558. The molecule has 0 aliphatic carbocycles. The molecule has 2 amide bonds. The first kappa shape index (κ1) is 28.4. The maximum absolute atomic E-state index is 13.2. The quantitative estimate of drug-likeness (QED) is 0.248. The molecule has 0 saturated carbocycles. The number of rotatable bonds is 12. The average molecular weight is 566 g/mol. The second kappa shape index (κ2) is 13.5. The summed E-state index contributed by atoms with van der Waals surface area (Å²) in [6.07, 6.45) is 0.172. The lowest BCUT2D eigenvalue weighted by atomic mass is 10.1. The number of methoxy groups -OCH3 is 3. The van der Waals surface area contributed by atoms with E-state index in [9.17, 15) is 14.0 Å². The third kappa shape index (κ3) is 7.29. The highest BCUT2D eigenvalue weighted by Gasteiger charge is 2.20. The van der Waals surface area contributed by atoms with E-state index in [4.69, 9.17) is 14.2 Å². The van der Waals surface area contributed by atoms with Crippen LogP contribution in [0.4, 0.5) is 10.1 Å². The molecule has 40 heavy (non-hydrogen) atoms. The van der Waals surface area contributed by atoms with Crippen molar-refractivity contribution in [2.24, 2.45) is 0 Å². The molecule has 0 aliphatic rings. The molecule has 2 N–H and O–H groups in total. The number of nitrogens with zero attached hydrogens (tertiary/aromatic N) is 3. The molecular weight excluding hydrogens is 537 g/mol. The number of carbonyl (C=O) groups excluding carboxylic acids is 2. The van der Waals surface area contributed by atoms with E-state index in [0.29, 0.717) is 39.6 Å². The van der Waals surface area contributed by atoms with Crippen molar-refractivity contribution in [3.63, 3.8) is 0 Å².